The second kappa shape index (κ2) is 6.24. The molecule has 0 amide bonds. The van der Waals surface area contributed by atoms with E-state index in [-0.39, 0.29) is 12.2 Å². The number of esters is 1. The first-order chi connectivity index (χ1) is 10.1. The van der Waals surface area contributed by atoms with Gasteiger partial charge in [-0.2, -0.15) is 0 Å². The molecule has 1 aromatic rings. The molecule has 0 radical (unpaired) electrons. The van der Waals surface area contributed by atoms with Crippen LogP contribution in [-0.2, 0) is 24.1 Å². The van der Waals surface area contributed by atoms with Crippen LogP contribution < -0.4 is 0 Å². The molecule has 1 aliphatic rings. The number of ether oxygens (including phenoxy) is 1. The fraction of sp³-hybridized carbons (Fsp3) is 0.667. The zero-order chi connectivity index (χ0) is 16.6. The summed E-state index contributed by atoms with van der Waals surface area (Å²) in [6, 6.07) is 3.64. The smallest absolute Gasteiger partial charge is 0.308 e. The predicted molar refractivity (Wildman–Crippen MR) is 91.8 cm³/mol. The van der Waals surface area contributed by atoms with Gasteiger partial charge in [-0.05, 0) is 61.7 Å². The Morgan fingerprint density at radius 1 is 1.36 bits per heavy atom. The number of halogens is 1. The number of thiophene rings is 1. The number of carbonyl (C=O) groups is 1. The lowest BCUT2D eigenvalue weighted by Gasteiger charge is -2.36. The summed E-state index contributed by atoms with van der Waals surface area (Å²) >= 11 is 4.77. The number of hydrogen-bond donors (Lipinski definition) is 0. The minimum Gasteiger partial charge on any atom is -0.460 e. The molecule has 22 heavy (non-hydrogen) atoms. The molecule has 1 saturated heterocycles. The Hall–Kier alpha value is -0.400. The maximum absolute atomic E-state index is 12.8. The molecule has 124 valence electrons. The van der Waals surface area contributed by atoms with E-state index in [0.29, 0.717) is 12.8 Å². The maximum Gasteiger partial charge on any atom is 0.308 e. The highest BCUT2D eigenvalue weighted by Gasteiger charge is 2.50. The van der Waals surface area contributed by atoms with Crippen LogP contribution in [0.1, 0.15) is 51.3 Å². The molecule has 7 heteroatoms. The topological polar surface area (TPSA) is 60.4 Å². The summed E-state index contributed by atoms with van der Waals surface area (Å²) in [6.07, 6.45) is 1.82. The van der Waals surface area contributed by atoms with Crippen molar-refractivity contribution in [1.29, 1.82) is 0 Å². The van der Waals surface area contributed by atoms with E-state index >= 15 is 0 Å². The summed E-state index contributed by atoms with van der Waals surface area (Å²) in [7, 11) is -3.39. The number of rotatable bonds is 3. The Morgan fingerprint density at radius 3 is 2.55 bits per heavy atom. The van der Waals surface area contributed by atoms with Crippen LogP contribution in [0.3, 0.4) is 0 Å². The van der Waals surface area contributed by atoms with Crippen molar-refractivity contribution in [2.45, 2.75) is 56.8 Å². The highest BCUT2D eigenvalue weighted by molar-refractivity contribution is 9.11. The molecule has 0 spiro atoms. The van der Waals surface area contributed by atoms with Crippen LogP contribution in [0.4, 0.5) is 0 Å². The Bertz CT molecular complexity index is 657. The zero-order valence-corrected chi connectivity index (χ0v) is 16.2. The van der Waals surface area contributed by atoms with Crippen LogP contribution in [0.25, 0.3) is 0 Å². The molecule has 1 atom stereocenters. The quantitative estimate of drug-likeness (QED) is 0.707. The molecule has 0 N–H and O–H groups in total. The summed E-state index contributed by atoms with van der Waals surface area (Å²) < 4.78 is 30.7. The third kappa shape index (κ3) is 3.74. The number of carbonyl (C=O) groups excluding carboxylic acids is 1. The van der Waals surface area contributed by atoms with Crippen molar-refractivity contribution in [2.24, 2.45) is 0 Å². The molecule has 1 fully saturated rings. The monoisotopic (exact) mass is 408 g/mol. The van der Waals surface area contributed by atoms with Gasteiger partial charge < -0.3 is 4.74 Å². The van der Waals surface area contributed by atoms with Crippen LogP contribution in [0, 0.1) is 0 Å². The Morgan fingerprint density at radius 2 is 2.05 bits per heavy atom. The Balaban J connectivity index is 2.41. The minimum atomic E-state index is -3.39. The molecule has 1 aromatic heterocycles. The summed E-state index contributed by atoms with van der Waals surface area (Å²) in [5.74, 6) is -0.326. The molecular formula is C15H21BrO4S2. The van der Waals surface area contributed by atoms with Gasteiger partial charge in [-0.15, -0.1) is 11.3 Å². The van der Waals surface area contributed by atoms with Crippen molar-refractivity contribution < 1.29 is 17.9 Å². The van der Waals surface area contributed by atoms with Gasteiger partial charge in [0.05, 0.1) is 16.0 Å². The fourth-order valence-corrected chi connectivity index (χ4v) is 6.93. The van der Waals surface area contributed by atoms with E-state index in [1.54, 1.807) is 20.8 Å². The normalized spacial score (nSPS) is 24.9. The second-order valence-electron chi connectivity index (χ2n) is 6.64. The molecular weight excluding hydrogens is 388 g/mol. The molecule has 4 nitrogen and oxygen atoms in total. The first kappa shape index (κ1) is 17.9. The third-order valence-corrected chi connectivity index (χ3v) is 8.25. The molecule has 0 saturated carbocycles. The Labute approximate surface area is 144 Å². The van der Waals surface area contributed by atoms with Crippen molar-refractivity contribution >= 4 is 43.1 Å². The standard InChI is InChI=1S/C15H21BrO4S2/c1-14(2,3)20-13(17)10-15(11-6-7-12(16)21-11)8-4-5-9-22(15,18)19/h6-7H,4-5,8-10H2,1-3H3/t15-/m0/s1. The fourth-order valence-electron chi connectivity index (χ4n) is 2.79. The van der Waals surface area contributed by atoms with Crippen LogP contribution in [-0.4, -0.2) is 25.7 Å². The first-order valence-corrected chi connectivity index (χ1v) is 10.5. The van der Waals surface area contributed by atoms with Crippen molar-refractivity contribution in [3.63, 3.8) is 0 Å². The van der Waals surface area contributed by atoms with Crippen molar-refractivity contribution in [2.75, 3.05) is 5.75 Å². The lowest BCUT2D eigenvalue weighted by atomic mass is 9.94. The molecule has 1 aliphatic heterocycles. The molecule has 0 aromatic carbocycles. The van der Waals surface area contributed by atoms with Gasteiger partial charge in [-0.3, -0.25) is 4.79 Å². The van der Waals surface area contributed by atoms with Gasteiger partial charge in [0.2, 0.25) is 0 Å². The summed E-state index contributed by atoms with van der Waals surface area (Å²) in [4.78, 5) is 13.0. The summed E-state index contributed by atoms with van der Waals surface area (Å²) in [6.45, 7) is 5.36. The first-order valence-electron chi connectivity index (χ1n) is 7.26. The van der Waals surface area contributed by atoms with E-state index < -0.39 is 26.2 Å². The predicted octanol–water partition coefficient (Wildman–Crippen LogP) is 4.04. The summed E-state index contributed by atoms with van der Waals surface area (Å²) in [5.41, 5.74) is -0.618. The lowest BCUT2D eigenvalue weighted by Crippen LogP contribution is -2.43. The average molecular weight is 409 g/mol. The van der Waals surface area contributed by atoms with Crippen LogP contribution in [0.2, 0.25) is 0 Å². The van der Waals surface area contributed by atoms with Crippen molar-refractivity contribution in [1.82, 2.24) is 0 Å². The van der Waals surface area contributed by atoms with E-state index in [1.165, 1.54) is 11.3 Å². The zero-order valence-electron chi connectivity index (χ0n) is 13.0. The van der Waals surface area contributed by atoms with Crippen molar-refractivity contribution in [3.05, 3.63) is 20.8 Å². The molecule has 0 aliphatic carbocycles. The van der Waals surface area contributed by atoms with E-state index in [1.807, 2.05) is 12.1 Å². The second-order valence-corrected chi connectivity index (χ2v) is 11.5. The SMILES string of the molecule is CC(C)(C)OC(=O)C[C@]1(c2ccc(Br)s2)CCCCS1(=O)=O. The van der Waals surface area contributed by atoms with Gasteiger partial charge in [0.1, 0.15) is 10.3 Å². The van der Waals surface area contributed by atoms with E-state index in [9.17, 15) is 13.2 Å². The van der Waals surface area contributed by atoms with Crippen molar-refractivity contribution in [3.8, 4) is 0 Å². The van der Waals surface area contributed by atoms with Gasteiger partial charge in [0.15, 0.2) is 9.84 Å². The molecule has 0 bridgehead atoms. The van der Waals surface area contributed by atoms with Crippen LogP contribution in [0.5, 0.6) is 0 Å². The third-order valence-electron chi connectivity index (χ3n) is 3.71. The minimum absolute atomic E-state index is 0.112. The molecule has 2 heterocycles. The average Bonchev–Trinajstić information content (AvgIpc) is 2.76. The largest absolute Gasteiger partial charge is 0.460 e. The van der Waals surface area contributed by atoms with E-state index in [4.69, 9.17) is 4.74 Å². The van der Waals surface area contributed by atoms with Gasteiger partial charge in [0.25, 0.3) is 0 Å². The number of sulfone groups is 1. The van der Waals surface area contributed by atoms with Crippen LogP contribution >= 0.6 is 27.3 Å². The van der Waals surface area contributed by atoms with E-state index in [2.05, 4.69) is 15.9 Å². The van der Waals surface area contributed by atoms with Gasteiger partial charge in [0, 0.05) is 4.88 Å². The lowest BCUT2D eigenvalue weighted by molar-refractivity contribution is -0.155. The maximum atomic E-state index is 12.8. The summed E-state index contributed by atoms with van der Waals surface area (Å²) in [5, 5.41) is 0. The number of hydrogen-bond acceptors (Lipinski definition) is 5. The van der Waals surface area contributed by atoms with Gasteiger partial charge in [-0.1, -0.05) is 6.42 Å². The highest BCUT2D eigenvalue weighted by Crippen LogP contribution is 2.46. The van der Waals surface area contributed by atoms with Crippen LogP contribution in [0.15, 0.2) is 15.9 Å². The van der Waals surface area contributed by atoms with Gasteiger partial charge >= 0.3 is 5.97 Å². The Kier molecular flexibility index (Phi) is 5.09. The van der Waals surface area contributed by atoms with Gasteiger partial charge in [-0.25, -0.2) is 8.42 Å². The highest BCUT2D eigenvalue weighted by atomic mass is 79.9. The molecule has 2 rings (SSSR count). The van der Waals surface area contributed by atoms with E-state index in [0.717, 1.165) is 15.1 Å². The molecule has 0 unspecified atom stereocenters.